The average Bonchev–Trinajstić information content (AvgIpc) is 2.92. The van der Waals surface area contributed by atoms with E-state index in [1.807, 2.05) is 64.1 Å². The molecule has 0 aliphatic carbocycles. The molecule has 9 nitrogen and oxygen atoms in total. The van der Waals surface area contributed by atoms with Gasteiger partial charge in [-0.1, -0.05) is 50.3 Å². The highest BCUT2D eigenvalue weighted by Crippen LogP contribution is 2.39. The largest absolute Gasteiger partial charge is 0.508 e. The van der Waals surface area contributed by atoms with Crippen molar-refractivity contribution in [1.29, 1.82) is 0 Å². The Balaban J connectivity index is 1.84. The maximum atomic E-state index is 12.7. The van der Waals surface area contributed by atoms with Crippen LogP contribution < -0.4 is 5.32 Å². The van der Waals surface area contributed by atoms with Crippen molar-refractivity contribution in [3.8, 4) is 5.75 Å². The number of rotatable bonds is 10. The van der Waals surface area contributed by atoms with Gasteiger partial charge in [-0.05, 0) is 74.4 Å². The van der Waals surface area contributed by atoms with E-state index in [4.69, 9.17) is 4.74 Å². The second kappa shape index (κ2) is 13.0. The van der Waals surface area contributed by atoms with Gasteiger partial charge in [-0.15, -0.1) is 0 Å². The number of amides is 1. The standard InChI is InChI=1S/C32H45NO8/c1-18(2)22-15-24(36)23(29-28(39)27(38)26(37)25(16-34)41-29)14-21(22)13-20-9-7-19(8-10-20)11-12-31(3,4)30(40)33-32(5,6)17-35/h7-12,14-15,18,25-29,34-39H,13,16-17H2,1-6H3,(H,33,40)/b12-11+/t25-,26-,27+,28-,29+/m1/s1. The molecule has 2 aromatic rings. The maximum absolute atomic E-state index is 12.7. The number of aliphatic hydroxyl groups is 5. The normalized spacial score (nSPS) is 23.8. The first-order valence-electron chi connectivity index (χ1n) is 14.0. The summed E-state index contributed by atoms with van der Waals surface area (Å²) in [5, 5.41) is 63.8. The molecule has 1 saturated heterocycles. The number of benzene rings is 2. The minimum Gasteiger partial charge on any atom is -0.508 e. The monoisotopic (exact) mass is 571 g/mol. The zero-order chi connectivity index (χ0) is 30.7. The van der Waals surface area contributed by atoms with Crippen molar-refractivity contribution < 1.29 is 40.2 Å². The number of ether oxygens (including phenoxy) is 1. The molecule has 1 aliphatic rings. The van der Waals surface area contributed by atoms with E-state index in [1.54, 1.807) is 26.0 Å². The molecule has 2 aromatic carbocycles. The van der Waals surface area contributed by atoms with Gasteiger partial charge in [-0.25, -0.2) is 0 Å². The van der Waals surface area contributed by atoms with Crippen molar-refractivity contribution in [2.45, 2.75) is 89.9 Å². The molecule has 0 aromatic heterocycles. The van der Waals surface area contributed by atoms with Gasteiger partial charge < -0.3 is 40.7 Å². The number of hydrogen-bond acceptors (Lipinski definition) is 8. The minimum absolute atomic E-state index is 0.0890. The zero-order valence-corrected chi connectivity index (χ0v) is 24.7. The lowest BCUT2D eigenvalue weighted by atomic mass is 9.86. The number of phenols is 1. The van der Waals surface area contributed by atoms with Crippen LogP contribution in [0.1, 0.15) is 81.4 Å². The SMILES string of the molecule is CC(C)c1cc(O)c([C@@H]2O[C@H](CO)[C@@H](O)[C@H](O)[C@H]2O)cc1Cc1ccc(/C=C/C(C)(C)C(=O)NC(C)(C)CO)cc1. The van der Waals surface area contributed by atoms with Gasteiger partial charge in [0.25, 0.3) is 0 Å². The van der Waals surface area contributed by atoms with E-state index >= 15 is 0 Å². The third-order valence-corrected chi connectivity index (χ3v) is 7.61. The van der Waals surface area contributed by atoms with Crippen LogP contribution in [0.3, 0.4) is 0 Å². The third-order valence-electron chi connectivity index (χ3n) is 7.61. The van der Waals surface area contributed by atoms with E-state index in [0.29, 0.717) is 6.42 Å². The van der Waals surface area contributed by atoms with Crippen LogP contribution >= 0.6 is 0 Å². The van der Waals surface area contributed by atoms with E-state index in [9.17, 15) is 35.4 Å². The quantitative estimate of drug-likeness (QED) is 0.229. The molecule has 0 bridgehead atoms. The molecule has 0 saturated carbocycles. The number of carbonyl (C=O) groups excluding carboxylic acids is 1. The average molecular weight is 572 g/mol. The fourth-order valence-corrected chi connectivity index (χ4v) is 4.80. The summed E-state index contributed by atoms with van der Waals surface area (Å²) in [6.45, 7) is 10.5. The van der Waals surface area contributed by atoms with E-state index in [2.05, 4.69) is 5.32 Å². The maximum Gasteiger partial charge on any atom is 0.229 e. The number of aliphatic hydroxyl groups excluding tert-OH is 5. The summed E-state index contributed by atoms with van der Waals surface area (Å²) in [5.74, 6) is -0.199. The van der Waals surface area contributed by atoms with Gasteiger partial charge >= 0.3 is 0 Å². The first kappa shape index (κ1) is 32.7. The molecule has 1 heterocycles. The van der Waals surface area contributed by atoms with Gasteiger partial charge in [-0.3, -0.25) is 4.79 Å². The number of carbonyl (C=O) groups is 1. The molecule has 5 atom stereocenters. The lowest BCUT2D eigenvalue weighted by Gasteiger charge is -2.40. The Hall–Kier alpha value is -2.79. The Labute approximate surface area is 242 Å². The Kier molecular flexibility index (Phi) is 10.4. The smallest absolute Gasteiger partial charge is 0.229 e. The highest BCUT2D eigenvalue weighted by atomic mass is 16.5. The number of aromatic hydroxyl groups is 1. The predicted molar refractivity (Wildman–Crippen MR) is 156 cm³/mol. The van der Waals surface area contributed by atoms with Crippen molar-refractivity contribution in [2.24, 2.45) is 5.41 Å². The van der Waals surface area contributed by atoms with Crippen LogP contribution in [0.5, 0.6) is 5.75 Å². The van der Waals surface area contributed by atoms with Crippen molar-refractivity contribution in [3.05, 3.63) is 70.3 Å². The second-order valence-corrected chi connectivity index (χ2v) is 12.5. The van der Waals surface area contributed by atoms with Gasteiger partial charge in [-0.2, -0.15) is 0 Å². The number of hydrogen-bond donors (Lipinski definition) is 7. The highest BCUT2D eigenvalue weighted by molar-refractivity contribution is 5.85. The predicted octanol–water partition coefficient (Wildman–Crippen LogP) is 2.55. The fourth-order valence-electron chi connectivity index (χ4n) is 4.80. The molecule has 3 rings (SSSR count). The van der Waals surface area contributed by atoms with Gasteiger partial charge in [0.2, 0.25) is 5.91 Å². The molecule has 41 heavy (non-hydrogen) atoms. The number of nitrogens with one attached hydrogen (secondary N) is 1. The summed E-state index contributed by atoms with van der Waals surface area (Å²) in [5.41, 5.74) is 2.49. The van der Waals surface area contributed by atoms with Crippen LogP contribution in [0.15, 0.2) is 42.5 Å². The first-order chi connectivity index (χ1) is 19.1. The van der Waals surface area contributed by atoms with Gasteiger partial charge in [0.05, 0.1) is 24.2 Å². The molecular formula is C32H45NO8. The van der Waals surface area contributed by atoms with Crippen LogP contribution in [0.2, 0.25) is 0 Å². The van der Waals surface area contributed by atoms with E-state index in [1.165, 1.54) is 0 Å². The molecule has 7 N–H and O–H groups in total. The summed E-state index contributed by atoms with van der Waals surface area (Å²) in [4.78, 5) is 12.7. The molecule has 0 radical (unpaired) electrons. The molecule has 226 valence electrons. The summed E-state index contributed by atoms with van der Waals surface area (Å²) in [6.07, 6.45) is -2.51. The zero-order valence-electron chi connectivity index (χ0n) is 24.7. The van der Waals surface area contributed by atoms with Crippen molar-refractivity contribution in [2.75, 3.05) is 13.2 Å². The lowest BCUT2D eigenvalue weighted by Crippen LogP contribution is -2.55. The Morgan fingerprint density at radius 1 is 1.00 bits per heavy atom. The Morgan fingerprint density at radius 2 is 1.63 bits per heavy atom. The fraction of sp³-hybridized carbons (Fsp3) is 0.531. The Bertz CT molecular complexity index is 1220. The van der Waals surface area contributed by atoms with Crippen LogP contribution in [0, 0.1) is 5.41 Å². The van der Waals surface area contributed by atoms with Gasteiger partial charge in [0.15, 0.2) is 0 Å². The van der Waals surface area contributed by atoms with Crippen LogP contribution in [-0.4, -0.2) is 79.7 Å². The summed E-state index contributed by atoms with van der Waals surface area (Å²) in [7, 11) is 0. The molecule has 1 fully saturated rings. The van der Waals surface area contributed by atoms with E-state index in [-0.39, 0.29) is 29.7 Å². The minimum atomic E-state index is -1.55. The molecule has 0 spiro atoms. The number of phenolic OH excluding ortho intramolecular Hbond substituents is 1. The summed E-state index contributed by atoms with van der Waals surface area (Å²) >= 11 is 0. The third kappa shape index (κ3) is 7.74. The highest BCUT2D eigenvalue weighted by Gasteiger charge is 2.45. The van der Waals surface area contributed by atoms with Crippen molar-refractivity contribution >= 4 is 12.0 Å². The molecule has 9 heteroatoms. The first-order valence-corrected chi connectivity index (χ1v) is 14.0. The van der Waals surface area contributed by atoms with Crippen molar-refractivity contribution in [3.63, 3.8) is 0 Å². The molecule has 0 unspecified atom stereocenters. The van der Waals surface area contributed by atoms with Crippen molar-refractivity contribution in [1.82, 2.24) is 5.32 Å². The van der Waals surface area contributed by atoms with E-state index < -0.39 is 48.1 Å². The topological polar surface area (TPSA) is 160 Å². The molecule has 1 aliphatic heterocycles. The molecular weight excluding hydrogens is 526 g/mol. The Morgan fingerprint density at radius 3 is 2.20 bits per heavy atom. The van der Waals surface area contributed by atoms with Crippen LogP contribution in [-0.2, 0) is 16.0 Å². The van der Waals surface area contributed by atoms with Gasteiger partial charge in [0, 0.05) is 5.56 Å². The summed E-state index contributed by atoms with van der Waals surface area (Å²) < 4.78 is 5.70. The van der Waals surface area contributed by atoms with Crippen LogP contribution in [0.4, 0.5) is 0 Å². The lowest BCUT2D eigenvalue weighted by molar-refractivity contribution is -0.232. The molecule has 1 amide bonds. The van der Waals surface area contributed by atoms with E-state index in [0.717, 1.165) is 22.3 Å². The van der Waals surface area contributed by atoms with Gasteiger partial charge in [0.1, 0.15) is 36.3 Å². The van der Waals surface area contributed by atoms with Crippen LogP contribution in [0.25, 0.3) is 6.08 Å². The second-order valence-electron chi connectivity index (χ2n) is 12.5. The summed E-state index contributed by atoms with van der Waals surface area (Å²) in [6, 6.07) is 11.2.